The molecule has 19 heavy (non-hydrogen) atoms. The maximum atomic E-state index is 3.70. The standard InChI is InChI=1S/C17H21NS/c1-2-4-13-7-9-14(10-8-13)18-16-5-3-6-17-15(16)11-12-19-17/h7-12,16,18H,2-6H2,1H3. The molecular formula is C17H21NS. The molecule has 1 aromatic carbocycles. The van der Waals surface area contributed by atoms with E-state index < -0.39 is 0 Å². The number of thiophene rings is 1. The third-order valence-corrected chi connectivity index (χ3v) is 4.88. The predicted molar refractivity (Wildman–Crippen MR) is 84.1 cm³/mol. The van der Waals surface area contributed by atoms with Crippen molar-refractivity contribution in [1.82, 2.24) is 0 Å². The fraction of sp³-hybridized carbons (Fsp3) is 0.412. The lowest BCUT2D eigenvalue weighted by Crippen LogP contribution is -2.15. The van der Waals surface area contributed by atoms with E-state index in [1.54, 1.807) is 4.88 Å². The highest BCUT2D eigenvalue weighted by Crippen LogP contribution is 2.35. The van der Waals surface area contributed by atoms with Gasteiger partial charge in [-0.3, -0.25) is 0 Å². The molecule has 0 fully saturated rings. The van der Waals surface area contributed by atoms with Crippen molar-refractivity contribution in [2.24, 2.45) is 0 Å². The zero-order chi connectivity index (χ0) is 13.1. The smallest absolute Gasteiger partial charge is 0.0524 e. The minimum Gasteiger partial charge on any atom is -0.378 e. The van der Waals surface area contributed by atoms with Crippen LogP contribution in [0.5, 0.6) is 0 Å². The Bertz CT molecular complexity index is 526. The van der Waals surface area contributed by atoms with Crippen molar-refractivity contribution in [1.29, 1.82) is 0 Å². The van der Waals surface area contributed by atoms with E-state index in [1.807, 2.05) is 11.3 Å². The van der Waals surface area contributed by atoms with Gasteiger partial charge in [0.15, 0.2) is 0 Å². The minimum atomic E-state index is 0.507. The van der Waals surface area contributed by atoms with Gasteiger partial charge in [0.1, 0.15) is 0 Å². The maximum absolute atomic E-state index is 3.70. The van der Waals surface area contributed by atoms with Gasteiger partial charge in [0.25, 0.3) is 0 Å². The van der Waals surface area contributed by atoms with Crippen LogP contribution in [0.4, 0.5) is 5.69 Å². The lowest BCUT2D eigenvalue weighted by atomic mass is 9.94. The number of aryl methyl sites for hydroxylation is 2. The molecule has 0 aliphatic heterocycles. The van der Waals surface area contributed by atoms with E-state index in [4.69, 9.17) is 0 Å². The van der Waals surface area contributed by atoms with Gasteiger partial charge in [-0.15, -0.1) is 11.3 Å². The summed E-state index contributed by atoms with van der Waals surface area (Å²) in [6.07, 6.45) is 6.21. The maximum Gasteiger partial charge on any atom is 0.0524 e. The molecular weight excluding hydrogens is 250 g/mol. The first-order chi connectivity index (χ1) is 9.36. The Morgan fingerprint density at radius 2 is 2.05 bits per heavy atom. The van der Waals surface area contributed by atoms with Gasteiger partial charge < -0.3 is 5.32 Å². The molecule has 1 N–H and O–H groups in total. The van der Waals surface area contributed by atoms with Gasteiger partial charge in [0.2, 0.25) is 0 Å². The van der Waals surface area contributed by atoms with Crippen molar-refractivity contribution in [3.8, 4) is 0 Å². The Balaban J connectivity index is 1.72. The third kappa shape index (κ3) is 2.84. The number of anilines is 1. The first-order valence-corrected chi connectivity index (χ1v) is 8.16. The van der Waals surface area contributed by atoms with Crippen LogP contribution in [0, 0.1) is 0 Å². The van der Waals surface area contributed by atoms with Gasteiger partial charge in [0, 0.05) is 10.6 Å². The fourth-order valence-electron chi connectivity index (χ4n) is 2.89. The predicted octanol–water partition coefficient (Wildman–Crippen LogP) is 5.19. The van der Waals surface area contributed by atoms with Crippen LogP contribution in [0.15, 0.2) is 35.7 Å². The van der Waals surface area contributed by atoms with Gasteiger partial charge in [-0.1, -0.05) is 25.5 Å². The molecule has 0 bridgehead atoms. The van der Waals surface area contributed by atoms with E-state index in [9.17, 15) is 0 Å². The van der Waals surface area contributed by atoms with Crippen LogP contribution in [0.1, 0.15) is 48.2 Å². The van der Waals surface area contributed by atoms with E-state index in [0.29, 0.717) is 6.04 Å². The van der Waals surface area contributed by atoms with E-state index in [2.05, 4.69) is 48.0 Å². The summed E-state index contributed by atoms with van der Waals surface area (Å²) in [5.41, 5.74) is 4.21. The lowest BCUT2D eigenvalue weighted by molar-refractivity contribution is 0.609. The summed E-state index contributed by atoms with van der Waals surface area (Å²) in [7, 11) is 0. The molecule has 1 aliphatic carbocycles. The summed E-state index contributed by atoms with van der Waals surface area (Å²) < 4.78 is 0. The molecule has 1 aromatic heterocycles. The van der Waals surface area contributed by atoms with Crippen molar-refractivity contribution in [2.45, 2.75) is 45.1 Å². The topological polar surface area (TPSA) is 12.0 Å². The van der Waals surface area contributed by atoms with Gasteiger partial charge >= 0.3 is 0 Å². The largest absolute Gasteiger partial charge is 0.378 e. The van der Waals surface area contributed by atoms with E-state index in [-0.39, 0.29) is 0 Å². The second-order valence-electron chi connectivity index (χ2n) is 5.34. The summed E-state index contributed by atoms with van der Waals surface area (Å²) in [5, 5.41) is 5.93. The summed E-state index contributed by atoms with van der Waals surface area (Å²) in [6.45, 7) is 2.23. The summed E-state index contributed by atoms with van der Waals surface area (Å²) in [5.74, 6) is 0. The second-order valence-corrected chi connectivity index (χ2v) is 6.34. The van der Waals surface area contributed by atoms with Gasteiger partial charge in [-0.25, -0.2) is 0 Å². The Morgan fingerprint density at radius 3 is 2.84 bits per heavy atom. The van der Waals surface area contributed by atoms with Gasteiger partial charge in [-0.05, 0) is 60.4 Å². The average molecular weight is 271 g/mol. The molecule has 0 saturated heterocycles. The van der Waals surface area contributed by atoms with Crippen molar-refractivity contribution < 1.29 is 0 Å². The first kappa shape index (κ1) is 12.7. The number of hydrogen-bond donors (Lipinski definition) is 1. The normalized spacial score (nSPS) is 18.1. The Labute approximate surface area is 119 Å². The number of nitrogens with one attached hydrogen (secondary N) is 1. The molecule has 1 unspecified atom stereocenters. The van der Waals surface area contributed by atoms with Crippen LogP contribution in [0.25, 0.3) is 0 Å². The monoisotopic (exact) mass is 271 g/mol. The van der Waals surface area contributed by atoms with Gasteiger partial charge in [0.05, 0.1) is 6.04 Å². The first-order valence-electron chi connectivity index (χ1n) is 7.28. The molecule has 0 spiro atoms. The Morgan fingerprint density at radius 1 is 1.21 bits per heavy atom. The summed E-state index contributed by atoms with van der Waals surface area (Å²) in [4.78, 5) is 1.58. The molecule has 2 aromatic rings. The van der Waals surface area contributed by atoms with Crippen molar-refractivity contribution >= 4 is 17.0 Å². The Hall–Kier alpha value is -1.28. The average Bonchev–Trinajstić information content (AvgIpc) is 2.91. The third-order valence-electron chi connectivity index (χ3n) is 3.89. The zero-order valence-corrected chi connectivity index (χ0v) is 12.3. The van der Waals surface area contributed by atoms with E-state index in [1.165, 1.54) is 48.9 Å². The molecule has 0 radical (unpaired) electrons. The Kier molecular flexibility index (Phi) is 3.88. The molecule has 0 saturated carbocycles. The fourth-order valence-corrected chi connectivity index (χ4v) is 3.88. The highest BCUT2D eigenvalue weighted by Gasteiger charge is 2.20. The van der Waals surface area contributed by atoms with Crippen LogP contribution < -0.4 is 5.32 Å². The number of hydrogen-bond acceptors (Lipinski definition) is 2. The quantitative estimate of drug-likeness (QED) is 0.807. The van der Waals surface area contributed by atoms with Crippen LogP contribution in [0.3, 0.4) is 0 Å². The second kappa shape index (κ2) is 5.79. The molecule has 1 nitrogen and oxygen atoms in total. The molecule has 0 amide bonds. The highest BCUT2D eigenvalue weighted by atomic mass is 32.1. The van der Waals surface area contributed by atoms with Crippen molar-refractivity contribution in [3.05, 3.63) is 51.7 Å². The number of benzene rings is 1. The molecule has 1 atom stereocenters. The zero-order valence-electron chi connectivity index (χ0n) is 11.5. The number of rotatable bonds is 4. The van der Waals surface area contributed by atoms with Crippen LogP contribution in [-0.4, -0.2) is 0 Å². The lowest BCUT2D eigenvalue weighted by Gasteiger charge is -2.24. The van der Waals surface area contributed by atoms with E-state index in [0.717, 1.165) is 0 Å². The molecule has 3 rings (SSSR count). The summed E-state index contributed by atoms with van der Waals surface area (Å²) >= 11 is 1.91. The van der Waals surface area contributed by atoms with Crippen LogP contribution in [0.2, 0.25) is 0 Å². The summed E-state index contributed by atoms with van der Waals surface area (Å²) in [6, 6.07) is 11.8. The minimum absolute atomic E-state index is 0.507. The van der Waals surface area contributed by atoms with E-state index >= 15 is 0 Å². The molecule has 2 heteroatoms. The van der Waals surface area contributed by atoms with Crippen LogP contribution >= 0.6 is 11.3 Å². The molecule has 1 heterocycles. The number of fused-ring (bicyclic) bond motifs is 1. The van der Waals surface area contributed by atoms with Gasteiger partial charge in [-0.2, -0.15) is 0 Å². The van der Waals surface area contributed by atoms with Crippen molar-refractivity contribution in [2.75, 3.05) is 5.32 Å². The van der Waals surface area contributed by atoms with Crippen molar-refractivity contribution in [3.63, 3.8) is 0 Å². The molecule has 1 aliphatic rings. The van der Waals surface area contributed by atoms with Crippen LogP contribution in [-0.2, 0) is 12.8 Å². The molecule has 100 valence electrons. The highest BCUT2D eigenvalue weighted by molar-refractivity contribution is 7.10. The SMILES string of the molecule is CCCc1ccc(NC2CCCc3sccc32)cc1.